The van der Waals surface area contributed by atoms with E-state index in [1.165, 1.54) is 4.90 Å². The normalized spacial score (nSPS) is 16.7. The molecule has 0 saturated carbocycles. The van der Waals surface area contributed by atoms with Gasteiger partial charge in [-0.05, 0) is 47.9 Å². The van der Waals surface area contributed by atoms with E-state index in [9.17, 15) is 14.7 Å². The highest BCUT2D eigenvalue weighted by Gasteiger charge is 2.46. The average molecular weight is 438 g/mol. The summed E-state index contributed by atoms with van der Waals surface area (Å²) in [5.41, 5.74) is 0.610. The highest BCUT2D eigenvalue weighted by Crippen LogP contribution is 2.43. The Morgan fingerprint density at radius 2 is 1.59 bits per heavy atom. The van der Waals surface area contributed by atoms with Gasteiger partial charge in [-0.2, -0.15) is 0 Å². The van der Waals surface area contributed by atoms with E-state index >= 15 is 0 Å². The summed E-state index contributed by atoms with van der Waals surface area (Å²) in [7, 11) is 1.57. The number of carbonyl (C=O) groups excluding carboxylic acids is 2. The highest BCUT2D eigenvalue weighted by atomic mass is 16.5. The summed E-state index contributed by atoms with van der Waals surface area (Å²) in [6.07, 6.45) is 0. The van der Waals surface area contributed by atoms with E-state index in [4.69, 9.17) is 9.47 Å². The van der Waals surface area contributed by atoms with E-state index in [0.717, 1.165) is 0 Å². The third kappa shape index (κ3) is 4.64. The summed E-state index contributed by atoms with van der Waals surface area (Å²) >= 11 is 0. The van der Waals surface area contributed by atoms with E-state index in [1.54, 1.807) is 76.4 Å². The first-order valence-electron chi connectivity index (χ1n) is 10.7. The molecule has 170 valence electrons. The van der Waals surface area contributed by atoms with Crippen molar-refractivity contribution in [3.05, 3.63) is 65.4 Å². The number of anilines is 1. The number of amides is 1. The number of ketones is 1. The topological polar surface area (TPSA) is 76.1 Å². The molecule has 0 fully saturated rings. The van der Waals surface area contributed by atoms with Crippen LogP contribution in [0, 0.1) is 11.3 Å². The lowest BCUT2D eigenvalue weighted by molar-refractivity contribution is -0.123. The Morgan fingerprint density at radius 3 is 2.09 bits per heavy atom. The molecule has 6 nitrogen and oxygen atoms in total. The summed E-state index contributed by atoms with van der Waals surface area (Å²) in [6, 6.07) is 13.5. The van der Waals surface area contributed by atoms with E-state index in [1.807, 2.05) is 0 Å². The molecular formula is C26H31NO5. The third-order valence-electron chi connectivity index (χ3n) is 5.26. The molecule has 0 bridgehead atoms. The number of methoxy groups -OCH3 is 1. The number of hydrogen-bond donors (Lipinski definition) is 1. The van der Waals surface area contributed by atoms with Gasteiger partial charge in [0.1, 0.15) is 11.5 Å². The monoisotopic (exact) mass is 437 g/mol. The van der Waals surface area contributed by atoms with Crippen molar-refractivity contribution in [3.8, 4) is 11.5 Å². The third-order valence-corrected chi connectivity index (χ3v) is 5.26. The summed E-state index contributed by atoms with van der Waals surface area (Å²) < 4.78 is 11.0. The fourth-order valence-corrected chi connectivity index (χ4v) is 3.57. The zero-order valence-corrected chi connectivity index (χ0v) is 19.5. The van der Waals surface area contributed by atoms with Crippen LogP contribution in [-0.2, 0) is 9.59 Å². The number of carbonyl (C=O) groups is 2. The average Bonchev–Trinajstić information content (AvgIpc) is 3.02. The summed E-state index contributed by atoms with van der Waals surface area (Å²) in [5, 5.41) is 10.8. The molecule has 0 radical (unpaired) electrons. The van der Waals surface area contributed by atoms with Gasteiger partial charge in [-0.3, -0.25) is 14.5 Å². The number of aliphatic hydroxyl groups excluding tert-OH is 1. The van der Waals surface area contributed by atoms with E-state index in [2.05, 4.69) is 13.8 Å². The van der Waals surface area contributed by atoms with Crippen LogP contribution in [0.25, 0.3) is 0 Å². The van der Waals surface area contributed by atoms with Crippen LogP contribution in [-0.4, -0.2) is 30.5 Å². The second-order valence-electron chi connectivity index (χ2n) is 9.39. The number of ether oxygens (including phenoxy) is 2. The number of nitrogens with zero attached hydrogens (tertiary/aromatic N) is 1. The Kier molecular flexibility index (Phi) is 6.63. The Balaban J connectivity index is 2.05. The van der Waals surface area contributed by atoms with Gasteiger partial charge < -0.3 is 14.6 Å². The van der Waals surface area contributed by atoms with Gasteiger partial charge in [-0.25, -0.2) is 0 Å². The van der Waals surface area contributed by atoms with Crippen LogP contribution in [0.15, 0.2) is 59.9 Å². The molecule has 2 aromatic carbocycles. The molecule has 3 rings (SSSR count). The Hall–Kier alpha value is -3.28. The number of hydrogen-bond acceptors (Lipinski definition) is 5. The van der Waals surface area contributed by atoms with Crippen LogP contribution in [0.4, 0.5) is 5.69 Å². The van der Waals surface area contributed by atoms with Crippen LogP contribution in [0.5, 0.6) is 11.5 Å². The van der Waals surface area contributed by atoms with Crippen LogP contribution >= 0.6 is 0 Å². The molecule has 6 heteroatoms. The van der Waals surface area contributed by atoms with Crippen LogP contribution in [0.2, 0.25) is 0 Å². The Bertz CT molecular complexity index is 1010. The number of benzene rings is 2. The molecular weight excluding hydrogens is 406 g/mol. The van der Waals surface area contributed by atoms with Gasteiger partial charge >= 0.3 is 0 Å². The molecule has 1 aliphatic rings. The molecule has 0 saturated heterocycles. The van der Waals surface area contributed by atoms with Gasteiger partial charge in [0.2, 0.25) is 0 Å². The second kappa shape index (κ2) is 9.07. The SMILES string of the molecule is COc1ccc(C2C(C(=O)C(C)(C)C)=C(O)C(=O)N2c2ccc(OCC(C)C)cc2)cc1. The minimum absolute atomic E-state index is 0.104. The molecule has 0 spiro atoms. The largest absolute Gasteiger partial charge is 0.503 e. The van der Waals surface area contributed by atoms with Crippen molar-refractivity contribution in [2.75, 3.05) is 18.6 Å². The minimum atomic E-state index is -0.765. The number of aliphatic hydroxyl groups is 1. The number of rotatable bonds is 7. The molecule has 1 N–H and O–H groups in total. The molecule has 0 aromatic heterocycles. The van der Waals surface area contributed by atoms with Gasteiger partial charge in [0.05, 0.1) is 25.3 Å². The second-order valence-corrected chi connectivity index (χ2v) is 9.39. The molecule has 1 heterocycles. The van der Waals surface area contributed by atoms with Gasteiger partial charge in [0.15, 0.2) is 11.5 Å². The first-order chi connectivity index (χ1) is 15.0. The van der Waals surface area contributed by atoms with E-state index in [-0.39, 0.29) is 11.4 Å². The lowest BCUT2D eigenvalue weighted by Crippen LogP contribution is -2.32. The zero-order valence-electron chi connectivity index (χ0n) is 19.5. The smallest absolute Gasteiger partial charge is 0.294 e. The lowest BCUT2D eigenvalue weighted by atomic mass is 9.82. The molecule has 1 aliphatic heterocycles. The van der Waals surface area contributed by atoms with E-state index in [0.29, 0.717) is 35.3 Å². The van der Waals surface area contributed by atoms with Gasteiger partial charge in [0.25, 0.3) is 5.91 Å². The molecule has 1 atom stereocenters. The summed E-state index contributed by atoms with van der Waals surface area (Å²) in [5.74, 6) is 0.358. The van der Waals surface area contributed by atoms with Crippen molar-refractivity contribution >= 4 is 17.4 Å². The van der Waals surface area contributed by atoms with Crippen LogP contribution in [0.3, 0.4) is 0 Å². The van der Waals surface area contributed by atoms with E-state index < -0.39 is 23.1 Å². The molecule has 2 aromatic rings. The van der Waals surface area contributed by atoms with Crippen molar-refractivity contribution in [1.82, 2.24) is 0 Å². The maximum atomic E-state index is 13.3. The highest BCUT2D eigenvalue weighted by molar-refractivity contribution is 6.17. The van der Waals surface area contributed by atoms with Gasteiger partial charge in [0, 0.05) is 11.1 Å². The minimum Gasteiger partial charge on any atom is -0.503 e. The molecule has 32 heavy (non-hydrogen) atoms. The Labute approximate surface area is 189 Å². The van der Waals surface area contributed by atoms with Crippen molar-refractivity contribution in [2.24, 2.45) is 11.3 Å². The fraction of sp³-hybridized carbons (Fsp3) is 0.385. The zero-order chi connectivity index (χ0) is 23.6. The van der Waals surface area contributed by atoms with Crippen molar-refractivity contribution in [3.63, 3.8) is 0 Å². The van der Waals surface area contributed by atoms with Gasteiger partial charge in [-0.1, -0.05) is 46.8 Å². The van der Waals surface area contributed by atoms with Gasteiger partial charge in [-0.15, -0.1) is 0 Å². The first-order valence-corrected chi connectivity index (χ1v) is 10.7. The Morgan fingerprint density at radius 1 is 1.03 bits per heavy atom. The maximum Gasteiger partial charge on any atom is 0.294 e. The van der Waals surface area contributed by atoms with Crippen molar-refractivity contribution in [2.45, 2.75) is 40.7 Å². The quantitative estimate of drug-likeness (QED) is 0.641. The molecule has 0 aliphatic carbocycles. The molecule has 1 unspecified atom stereocenters. The van der Waals surface area contributed by atoms with Crippen LogP contribution in [0.1, 0.15) is 46.2 Å². The summed E-state index contributed by atoms with van der Waals surface area (Å²) in [6.45, 7) is 10.0. The summed E-state index contributed by atoms with van der Waals surface area (Å²) in [4.78, 5) is 27.9. The first kappa shape index (κ1) is 23.4. The van der Waals surface area contributed by atoms with Crippen molar-refractivity contribution < 1.29 is 24.2 Å². The van der Waals surface area contributed by atoms with Crippen LogP contribution < -0.4 is 14.4 Å². The fourth-order valence-electron chi connectivity index (χ4n) is 3.57. The van der Waals surface area contributed by atoms with Crippen molar-refractivity contribution in [1.29, 1.82) is 0 Å². The standard InChI is InChI=1S/C26H31NO5/c1-16(2)15-32-20-13-9-18(10-14-20)27-22(17-7-11-19(31-6)12-8-17)21(23(28)25(27)30)24(29)26(3,4)5/h7-14,16,22,28H,15H2,1-6H3. The molecule has 1 amide bonds. The maximum absolute atomic E-state index is 13.3. The lowest BCUT2D eigenvalue weighted by Gasteiger charge is -2.29. The predicted molar refractivity (Wildman–Crippen MR) is 124 cm³/mol. The predicted octanol–water partition coefficient (Wildman–Crippen LogP) is 5.25. The number of Topliss-reactive ketones (excluding diaryl/α,β-unsaturated/α-hetero) is 1.